The van der Waals surface area contributed by atoms with E-state index in [0.717, 1.165) is 12.5 Å². The van der Waals surface area contributed by atoms with Crippen molar-refractivity contribution in [2.24, 2.45) is 5.92 Å². The van der Waals surface area contributed by atoms with Crippen LogP contribution in [-0.4, -0.2) is 19.7 Å². The number of halogens is 2. The van der Waals surface area contributed by atoms with E-state index < -0.39 is 11.6 Å². The zero-order valence-corrected chi connectivity index (χ0v) is 10.6. The molecule has 2 nitrogen and oxygen atoms in total. The van der Waals surface area contributed by atoms with Gasteiger partial charge in [0, 0.05) is 12.1 Å². The van der Waals surface area contributed by atoms with Crippen LogP contribution < -0.4 is 10.1 Å². The number of rotatable bonds is 5. The first kappa shape index (κ1) is 13.3. The molecule has 4 heteroatoms. The molecule has 100 valence electrons. The molecule has 0 heterocycles. The average molecular weight is 255 g/mol. The summed E-state index contributed by atoms with van der Waals surface area (Å²) >= 11 is 0. The molecule has 1 aromatic rings. The van der Waals surface area contributed by atoms with Gasteiger partial charge in [0.05, 0.1) is 6.61 Å². The molecule has 0 amide bonds. The molecule has 1 N–H and O–H groups in total. The van der Waals surface area contributed by atoms with E-state index in [0.29, 0.717) is 18.6 Å². The van der Waals surface area contributed by atoms with Crippen LogP contribution in [-0.2, 0) is 0 Å². The highest BCUT2D eigenvalue weighted by Crippen LogP contribution is 2.28. The summed E-state index contributed by atoms with van der Waals surface area (Å²) in [5.74, 6) is -0.480. The minimum Gasteiger partial charge on any atom is -0.491 e. The van der Waals surface area contributed by atoms with Crippen molar-refractivity contribution in [3.63, 3.8) is 0 Å². The highest BCUT2D eigenvalue weighted by molar-refractivity contribution is 5.24. The van der Waals surface area contributed by atoms with Crippen LogP contribution in [0.3, 0.4) is 0 Å². The van der Waals surface area contributed by atoms with Crippen LogP contribution in [0.4, 0.5) is 8.78 Å². The van der Waals surface area contributed by atoms with Gasteiger partial charge in [0.2, 0.25) is 0 Å². The minimum absolute atomic E-state index is 0.135. The Morgan fingerprint density at radius 3 is 2.89 bits per heavy atom. The standard InChI is InChI=1S/C14H19F2NO/c1-17-13-4-2-3-10(13)7-8-18-14-6-5-11(15)9-12(14)16/h5-6,9-10,13,17H,2-4,7-8H2,1H3. The van der Waals surface area contributed by atoms with Crippen molar-refractivity contribution in [3.8, 4) is 5.75 Å². The summed E-state index contributed by atoms with van der Waals surface area (Å²) in [4.78, 5) is 0. The summed E-state index contributed by atoms with van der Waals surface area (Å²) in [5.41, 5.74) is 0. The van der Waals surface area contributed by atoms with Crippen molar-refractivity contribution in [1.29, 1.82) is 0 Å². The van der Waals surface area contributed by atoms with E-state index >= 15 is 0 Å². The monoisotopic (exact) mass is 255 g/mol. The van der Waals surface area contributed by atoms with Crippen LogP contribution in [0, 0.1) is 17.6 Å². The summed E-state index contributed by atoms with van der Waals surface area (Å²) in [6.07, 6.45) is 4.54. The molecule has 1 aliphatic rings. The number of benzene rings is 1. The molecule has 1 aliphatic carbocycles. The fourth-order valence-corrected chi connectivity index (χ4v) is 2.67. The molecule has 0 aliphatic heterocycles. The van der Waals surface area contributed by atoms with E-state index in [4.69, 9.17) is 4.74 Å². The maximum atomic E-state index is 13.3. The molecule has 0 spiro atoms. The molecule has 18 heavy (non-hydrogen) atoms. The molecule has 1 aromatic carbocycles. The van der Waals surface area contributed by atoms with E-state index in [1.54, 1.807) is 0 Å². The van der Waals surface area contributed by atoms with Crippen molar-refractivity contribution in [2.75, 3.05) is 13.7 Å². The Morgan fingerprint density at radius 1 is 1.33 bits per heavy atom. The second-order valence-electron chi connectivity index (χ2n) is 4.80. The molecule has 1 saturated carbocycles. The maximum absolute atomic E-state index is 13.3. The van der Waals surface area contributed by atoms with Gasteiger partial charge in [0.15, 0.2) is 11.6 Å². The molecule has 2 unspecified atom stereocenters. The third kappa shape index (κ3) is 3.19. The van der Waals surface area contributed by atoms with Gasteiger partial charge in [-0.1, -0.05) is 6.42 Å². The van der Waals surface area contributed by atoms with E-state index in [9.17, 15) is 8.78 Å². The Morgan fingerprint density at radius 2 is 2.17 bits per heavy atom. The summed E-state index contributed by atoms with van der Waals surface area (Å²) in [5, 5.41) is 3.30. The number of hydrogen-bond donors (Lipinski definition) is 1. The predicted molar refractivity (Wildman–Crippen MR) is 66.7 cm³/mol. The van der Waals surface area contributed by atoms with Gasteiger partial charge in [-0.25, -0.2) is 8.78 Å². The molecule has 0 aromatic heterocycles. The smallest absolute Gasteiger partial charge is 0.167 e. The lowest BCUT2D eigenvalue weighted by Gasteiger charge is -2.19. The van der Waals surface area contributed by atoms with Gasteiger partial charge in [-0.15, -0.1) is 0 Å². The third-order valence-electron chi connectivity index (χ3n) is 3.67. The largest absolute Gasteiger partial charge is 0.491 e. The first-order valence-electron chi connectivity index (χ1n) is 6.46. The Hall–Kier alpha value is -1.16. The van der Waals surface area contributed by atoms with Gasteiger partial charge >= 0.3 is 0 Å². The topological polar surface area (TPSA) is 21.3 Å². The van der Waals surface area contributed by atoms with Crippen LogP contribution >= 0.6 is 0 Å². The molecule has 0 saturated heterocycles. The van der Waals surface area contributed by atoms with Crippen LogP contribution in [0.2, 0.25) is 0 Å². The van der Waals surface area contributed by atoms with Crippen LogP contribution in [0.25, 0.3) is 0 Å². The van der Waals surface area contributed by atoms with Crippen LogP contribution in [0.5, 0.6) is 5.75 Å². The molecular weight excluding hydrogens is 236 g/mol. The summed E-state index contributed by atoms with van der Waals surface area (Å²) in [6, 6.07) is 3.95. The summed E-state index contributed by atoms with van der Waals surface area (Å²) < 4.78 is 31.4. The normalized spacial score (nSPS) is 23.3. The van der Waals surface area contributed by atoms with Gasteiger partial charge in [-0.3, -0.25) is 0 Å². The Labute approximate surface area is 106 Å². The van der Waals surface area contributed by atoms with Gasteiger partial charge in [-0.05, 0) is 44.4 Å². The van der Waals surface area contributed by atoms with E-state index in [2.05, 4.69) is 5.32 Å². The first-order chi connectivity index (χ1) is 8.70. The third-order valence-corrected chi connectivity index (χ3v) is 3.67. The van der Waals surface area contributed by atoms with Gasteiger partial charge in [0.1, 0.15) is 5.82 Å². The number of ether oxygens (including phenoxy) is 1. The van der Waals surface area contributed by atoms with Crippen molar-refractivity contribution in [1.82, 2.24) is 5.32 Å². The quantitative estimate of drug-likeness (QED) is 0.872. The predicted octanol–water partition coefficient (Wildman–Crippen LogP) is 3.12. The molecule has 2 rings (SSSR count). The fraction of sp³-hybridized carbons (Fsp3) is 0.571. The summed E-state index contributed by atoms with van der Waals surface area (Å²) in [7, 11) is 1.98. The minimum atomic E-state index is -0.633. The number of nitrogens with one attached hydrogen (secondary N) is 1. The van der Waals surface area contributed by atoms with Crippen LogP contribution in [0.15, 0.2) is 18.2 Å². The van der Waals surface area contributed by atoms with Crippen molar-refractivity contribution in [2.45, 2.75) is 31.7 Å². The van der Waals surface area contributed by atoms with Crippen LogP contribution in [0.1, 0.15) is 25.7 Å². The highest BCUT2D eigenvalue weighted by atomic mass is 19.1. The Kier molecular flexibility index (Phi) is 4.53. The molecular formula is C14H19F2NO. The van der Waals surface area contributed by atoms with Gasteiger partial charge < -0.3 is 10.1 Å². The fourth-order valence-electron chi connectivity index (χ4n) is 2.67. The van der Waals surface area contributed by atoms with Crippen molar-refractivity contribution >= 4 is 0 Å². The van der Waals surface area contributed by atoms with E-state index in [-0.39, 0.29) is 5.75 Å². The van der Waals surface area contributed by atoms with Crippen molar-refractivity contribution in [3.05, 3.63) is 29.8 Å². The lowest BCUT2D eigenvalue weighted by Crippen LogP contribution is -2.29. The van der Waals surface area contributed by atoms with Gasteiger partial charge in [0.25, 0.3) is 0 Å². The highest BCUT2D eigenvalue weighted by Gasteiger charge is 2.25. The molecule has 1 fully saturated rings. The SMILES string of the molecule is CNC1CCCC1CCOc1ccc(F)cc1F. The molecule has 0 radical (unpaired) electrons. The number of hydrogen-bond acceptors (Lipinski definition) is 2. The molecule has 2 atom stereocenters. The van der Waals surface area contributed by atoms with E-state index in [1.165, 1.54) is 31.4 Å². The Balaban J connectivity index is 1.81. The van der Waals surface area contributed by atoms with E-state index in [1.807, 2.05) is 7.05 Å². The Bertz CT molecular complexity index is 397. The van der Waals surface area contributed by atoms with Crippen molar-refractivity contribution < 1.29 is 13.5 Å². The second-order valence-corrected chi connectivity index (χ2v) is 4.80. The zero-order chi connectivity index (χ0) is 13.0. The summed E-state index contributed by atoms with van der Waals surface area (Å²) in [6.45, 7) is 0.478. The maximum Gasteiger partial charge on any atom is 0.167 e. The average Bonchev–Trinajstić information content (AvgIpc) is 2.79. The second kappa shape index (κ2) is 6.14. The molecule has 0 bridgehead atoms. The first-order valence-corrected chi connectivity index (χ1v) is 6.46. The lowest BCUT2D eigenvalue weighted by molar-refractivity contribution is 0.254. The zero-order valence-electron chi connectivity index (χ0n) is 10.6. The van der Waals surface area contributed by atoms with Gasteiger partial charge in [-0.2, -0.15) is 0 Å². The lowest BCUT2D eigenvalue weighted by atomic mass is 10.0.